The number of sulfone groups is 1. The largest absolute Gasteiger partial charge is 0.346 e. The molecule has 0 spiro atoms. The van der Waals surface area contributed by atoms with E-state index in [1.807, 2.05) is 49.2 Å². The maximum absolute atomic E-state index is 11.3. The first-order valence-electron chi connectivity index (χ1n) is 6.16. The van der Waals surface area contributed by atoms with Gasteiger partial charge in [0, 0.05) is 36.4 Å². The lowest BCUT2D eigenvalue weighted by molar-refractivity contribution is 0.593. The van der Waals surface area contributed by atoms with E-state index in [0.29, 0.717) is 5.82 Å². The van der Waals surface area contributed by atoms with E-state index in [1.54, 1.807) is 0 Å². The molecule has 0 radical (unpaired) electrons. The second-order valence-corrected chi connectivity index (χ2v) is 7.73. The van der Waals surface area contributed by atoms with Gasteiger partial charge in [0.05, 0.1) is 5.75 Å². The minimum Gasteiger partial charge on any atom is -0.346 e. The number of benzene rings is 1. The van der Waals surface area contributed by atoms with Crippen molar-refractivity contribution in [2.75, 3.05) is 24.0 Å². The van der Waals surface area contributed by atoms with Crippen molar-refractivity contribution < 1.29 is 8.42 Å². The summed E-state index contributed by atoms with van der Waals surface area (Å²) in [4.78, 5) is 6.32. The Balaban J connectivity index is 2.16. The standard InChI is InChI=1S/C13H17N3O2S2/c1-10(9-20(3,17)18)16(2)13-14-12(15-19-13)11-7-5-4-6-8-11/h4-8,10H,9H2,1-3H3. The van der Waals surface area contributed by atoms with Crippen LogP contribution in [-0.4, -0.2) is 42.9 Å². The Morgan fingerprint density at radius 2 is 1.95 bits per heavy atom. The summed E-state index contributed by atoms with van der Waals surface area (Å²) in [5, 5.41) is 0.722. The fourth-order valence-corrected chi connectivity index (χ4v) is 3.65. The van der Waals surface area contributed by atoms with Gasteiger partial charge in [0.25, 0.3) is 0 Å². The van der Waals surface area contributed by atoms with Crippen LogP contribution in [0.4, 0.5) is 5.13 Å². The zero-order valence-corrected chi connectivity index (χ0v) is 13.3. The second kappa shape index (κ2) is 5.88. The molecule has 0 saturated heterocycles. The van der Waals surface area contributed by atoms with Crippen molar-refractivity contribution in [1.29, 1.82) is 0 Å². The lowest BCUT2D eigenvalue weighted by Crippen LogP contribution is -2.34. The minimum absolute atomic E-state index is 0.101. The van der Waals surface area contributed by atoms with Crippen molar-refractivity contribution >= 4 is 26.5 Å². The lowest BCUT2D eigenvalue weighted by atomic mass is 10.2. The Morgan fingerprint density at radius 3 is 2.55 bits per heavy atom. The van der Waals surface area contributed by atoms with Crippen molar-refractivity contribution in [2.45, 2.75) is 13.0 Å². The molecule has 0 bridgehead atoms. The van der Waals surface area contributed by atoms with Crippen LogP contribution in [0.2, 0.25) is 0 Å². The Labute approximate surface area is 123 Å². The maximum Gasteiger partial charge on any atom is 0.205 e. The summed E-state index contributed by atoms with van der Waals surface area (Å²) >= 11 is 1.28. The third kappa shape index (κ3) is 3.77. The van der Waals surface area contributed by atoms with Crippen molar-refractivity contribution in [3.05, 3.63) is 30.3 Å². The molecule has 0 N–H and O–H groups in total. The third-order valence-electron chi connectivity index (χ3n) is 2.95. The Hall–Kier alpha value is -1.47. The van der Waals surface area contributed by atoms with E-state index in [0.717, 1.165) is 10.7 Å². The van der Waals surface area contributed by atoms with E-state index in [-0.39, 0.29) is 11.8 Å². The van der Waals surface area contributed by atoms with Gasteiger partial charge in [-0.3, -0.25) is 0 Å². The maximum atomic E-state index is 11.3. The van der Waals surface area contributed by atoms with Gasteiger partial charge in [-0.25, -0.2) is 8.42 Å². The smallest absolute Gasteiger partial charge is 0.205 e. The van der Waals surface area contributed by atoms with Gasteiger partial charge in [-0.05, 0) is 6.92 Å². The molecule has 5 nitrogen and oxygen atoms in total. The molecule has 7 heteroatoms. The Morgan fingerprint density at radius 1 is 1.30 bits per heavy atom. The minimum atomic E-state index is -3.01. The van der Waals surface area contributed by atoms with Crippen LogP contribution in [0.1, 0.15) is 6.92 Å². The molecule has 2 aromatic rings. The van der Waals surface area contributed by atoms with Gasteiger partial charge in [-0.1, -0.05) is 30.3 Å². The highest BCUT2D eigenvalue weighted by Gasteiger charge is 2.19. The average Bonchev–Trinajstić information content (AvgIpc) is 2.86. The van der Waals surface area contributed by atoms with Crippen LogP contribution < -0.4 is 4.90 Å². The number of nitrogens with zero attached hydrogens (tertiary/aromatic N) is 3. The zero-order chi connectivity index (χ0) is 14.8. The quantitative estimate of drug-likeness (QED) is 0.846. The number of anilines is 1. The van der Waals surface area contributed by atoms with E-state index < -0.39 is 9.84 Å². The molecular formula is C13H17N3O2S2. The van der Waals surface area contributed by atoms with Crippen molar-refractivity contribution in [2.24, 2.45) is 0 Å². The van der Waals surface area contributed by atoms with Gasteiger partial charge in [-0.2, -0.15) is 9.36 Å². The summed E-state index contributed by atoms with van der Waals surface area (Å²) < 4.78 is 27.0. The van der Waals surface area contributed by atoms with Crippen LogP contribution in [0, 0.1) is 0 Å². The van der Waals surface area contributed by atoms with Gasteiger partial charge in [0.1, 0.15) is 9.84 Å². The first-order valence-corrected chi connectivity index (χ1v) is 9.00. The molecule has 1 unspecified atom stereocenters. The van der Waals surface area contributed by atoms with Gasteiger partial charge in [0.15, 0.2) is 5.82 Å². The number of hydrogen-bond donors (Lipinski definition) is 0. The van der Waals surface area contributed by atoms with Crippen molar-refractivity contribution in [3.63, 3.8) is 0 Å². The van der Waals surface area contributed by atoms with Crippen LogP contribution in [0.3, 0.4) is 0 Å². The van der Waals surface area contributed by atoms with Crippen LogP contribution in [0.15, 0.2) is 30.3 Å². The summed E-state index contributed by atoms with van der Waals surface area (Å²) in [5.74, 6) is 0.771. The fraction of sp³-hybridized carbons (Fsp3) is 0.385. The zero-order valence-electron chi connectivity index (χ0n) is 11.6. The van der Waals surface area contributed by atoms with Crippen LogP contribution in [-0.2, 0) is 9.84 Å². The van der Waals surface area contributed by atoms with Crippen LogP contribution in [0.25, 0.3) is 11.4 Å². The van der Waals surface area contributed by atoms with E-state index in [2.05, 4.69) is 9.36 Å². The molecule has 0 saturated carbocycles. The summed E-state index contributed by atoms with van der Waals surface area (Å²) in [6.07, 6.45) is 1.24. The molecule has 0 aliphatic heterocycles. The SMILES string of the molecule is CC(CS(C)(=O)=O)N(C)c1nc(-c2ccccc2)ns1. The first-order chi connectivity index (χ1) is 9.37. The van der Waals surface area contributed by atoms with Crippen LogP contribution in [0.5, 0.6) is 0 Å². The van der Waals surface area contributed by atoms with E-state index >= 15 is 0 Å². The predicted octanol–water partition coefficient (Wildman–Crippen LogP) is 2.07. The molecule has 0 aliphatic rings. The first kappa shape index (κ1) is 14.9. The number of hydrogen-bond acceptors (Lipinski definition) is 6. The van der Waals surface area contributed by atoms with Gasteiger partial charge < -0.3 is 4.90 Å². The van der Waals surface area contributed by atoms with E-state index in [4.69, 9.17) is 0 Å². The highest BCUT2D eigenvalue weighted by atomic mass is 32.2. The molecule has 108 valence electrons. The molecule has 0 fully saturated rings. The molecule has 0 aliphatic carbocycles. The van der Waals surface area contributed by atoms with E-state index in [9.17, 15) is 8.42 Å². The van der Waals surface area contributed by atoms with Crippen molar-refractivity contribution in [3.8, 4) is 11.4 Å². The number of aromatic nitrogens is 2. The summed E-state index contributed by atoms with van der Waals surface area (Å²) in [6.45, 7) is 1.87. The molecule has 2 rings (SSSR count). The van der Waals surface area contributed by atoms with Crippen LogP contribution >= 0.6 is 11.5 Å². The van der Waals surface area contributed by atoms with Gasteiger partial charge in [-0.15, -0.1) is 0 Å². The highest BCUT2D eigenvalue weighted by molar-refractivity contribution is 7.90. The van der Waals surface area contributed by atoms with Gasteiger partial charge >= 0.3 is 0 Å². The fourth-order valence-electron chi connectivity index (χ4n) is 1.80. The molecule has 1 atom stereocenters. The normalized spacial score (nSPS) is 13.2. The monoisotopic (exact) mass is 311 g/mol. The topological polar surface area (TPSA) is 63.2 Å². The third-order valence-corrected chi connectivity index (χ3v) is 4.85. The molecule has 1 aromatic heterocycles. The Bertz CT molecular complexity index is 668. The van der Waals surface area contributed by atoms with Gasteiger partial charge in [0.2, 0.25) is 5.13 Å². The summed E-state index contributed by atoms with van der Waals surface area (Å²) in [5.41, 5.74) is 0.958. The molecule has 0 amide bonds. The van der Waals surface area contributed by atoms with Crippen molar-refractivity contribution in [1.82, 2.24) is 9.36 Å². The highest BCUT2D eigenvalue weighted by Crippen LogP contribution is 2.24. The summed E-state index contributed by atoms with van der Waals surface area (Å²) in [7, 11) is -1.17. The van der Waals surface area contributed by atoms with E-state index in [1.165, 1.54) is 17.8 Å². The second-order valence-electron chi connectivity index (χ2n) is 4.82. The lowest BCUT2D eigenvalue weighted by Gasteiger charge is -2.22. The average molecular weight is 311 g/mol. The molecule has 1 heterocycles. The molecular weight excluding hydrogens is 294 g/mol. The number of rotatable bonds is 5. The molecule has 1 aromatic carbocycles. The summed E-state index contributed by atoms with van der Waals surface area (Å²) in [6, 6.07) is 9.58. The predicted molar refractivity (Wildman–Crippen MR) is 82.9 cm³/mol. The Kier molecular flexibility index (Phi) is 4.39. The molecule has 20 heavy (non-hydrogen) atoms.